The minimum atomic E-state index is -0.592. The first-order valence-corrected chi connectivity index (χ1v) is 9.19. The van der Waals surface area contributed by atoms with Gasteiger partial charge in [0.1, 0.15) is 0 Å². The van der Waals surface area contributed by atoms with Crippen LogP contribution < -0.4 is 15.8 Å². The van der Waals surface area contributed by atoms with E-state index in [1.54, 1.807) is 18.2 Å². The highest BCUT2D eigenvalue weighted by Gasteiger charge is 2.19. The molecule has 0 aliphatic carbocycles. The van der Waals surface area contributed by atoms with Crippen LogP contribution in [0.15, 0.2) is 42.5 Å². The van der Waals surface area contributed by atoms with E-state index in [1.807, 2.05) is 38.1 Å². The molecule has 1 heterocycles. The van der Waals surface area contributed by atoms with Crippen LogP contribution in [0.25, 0.3) is 10.1 Å². The predicted molar refractivity (Wildman–Crippen MR) is 105 cm³/mol. The average Bonchev–Trinajstić information content (AvgIpc) is 2.97. The Bertz CT molecular complexity index is 978. The fourth-order valence-corrected chi connectivity index (χ4v) is 3.86. The highest BCUT2D eigenvalue weighted by atomic mass is 32.1. The minimum absolute atomic E-state index is 0.230. The lowest BCUT2D eigenvalue weighted by Crippen LogP contribution is -2.17. The van der Waals surface area contributed by atoms with Crippen LogP contribution in [0, 0.1) is 6.92 Å². The maximum absolute atomic E-state index is 12.8. The number of primary amides is 1. The van der Waals surface area contributed by atoms with Gasteiger partial charge in [-0.25, -0.2) is 0 Å². The van der Waals surface area contributed by atoms with E-state index >= 15 is 0 Å². The number of hydrogen-bond donors (Lipinski definition) is 2. The number of para-hydroxylation sites is 1. The van der Waals surface area contributed by atoms with Crippen LogP contribution in [0.2, 0.25) is 0 Å². The number of benzene rings is 2. The van der Waals surface area contributed by atoms with Gasteiger partial charge in [0.15, 0.2) is 5.75 Å². The van der Waals surface area contributed by atoms with Crippen LogP contribution in [0.5, 0.6) is 5.75 Å². The number of carbonyl (C=O) groups excluding carboxylic acids is 2. The average molecular weight is 368 g/mol. The lowest BCUT2D eigenvalue weighted by molar-refractivity contribution is 0.0992. The molecule has 0 aliphatic heterocycles. The summed E-state index contributed by atoms with van der Waals surface area (Å²) < 4.78 is 6.75. The zero-order chi connectivity index (χ0) is 18.7. The highest BCUT2D eigenvalue weighted by Crippen LogP contribution is 2.33. The number of thiophene rings is 1. The van der Waals surface area contributed by atoms with Crippen molar-refractivity contribution in [3.05, 3.63) is 58.5 Å². The Morgan fingerprint density at radius 1 is 1.15 bits per heavy atom. The van der Waals surface area contributed by atoms with Gasteiger partial charge >= 0.3 is 0 Å². The summed E-state index contributed by atoms with van der Waals surface area (Å²) in [5.41, 5.74) is 7.07. The third-order valence-corrected chi connectivity index (χ3v) is 5.30. The van der Waals surface area contributed by atoms with Crippen molar-refractivity contribution < 1.29 is 14.3 Å². The molecule has 0 atom stereocenters. The number of ether oxygens (including phenoxy) is 1. The molecule has 3 aromatic rings. The van der Waals surface area contributed by atoms with Gasteiger partial charge in [-0.05, 0) is 42.5 Å². The van der Waals surface area contributed by atoms with E-state index in [1.165, 1.54) is 11.3 Å². The number of nitrogens with two attached hydrogens (primary N) is 1. The lowest BCUT2D eigenvalue weighted by atomic mass is 10.1. The van der Waals surface area contributed by atoms with Crippen molar-refractivity contribution in [2.75, 3.05) is 11.9 Å². The Balaban J connectivity index is 1.97. The molecule has 2 amide bonds. The van der Waals surface area contributed by atoms with Gasteiger partial charge in [-0.1, -0.05) is 31.2 Å². The van der Waals surface area contributed by atoms with E-state index in [4.69, 9.17) is 10.5 Å². The third kappa shape index (κ3) is 3.41. The molecule has 3 N–H and O–H groups in total. The van der Waals surface area contributed by atoms with Crippen molar-refractivity contribution >= 4 is 38.9 Å². The molecule has 0 saturated heterocycles. The first-order chi connectivity index (χ1) is 12.5. The Morgan fingerprint density at radius 3 is 2.62 bits per heavy atom. The van der Waals surface area contributed by atoms with E-state index in [0.29, 0.717) is 22.9 Å². The van der Waals surface area contributed by atoms with Crippen molar-refractivity contribution in [3.8, 4) is 5.75 Å². The monoisotopic (exact) mass is 368 g/mol. The SMILES string of the molecule is CCCOc1c(NC(=O)c2sc3ccccc3c2C)cccc1C(N)=O. The van der Waals surface area contributed by atoms with Crippen LogP contribution in [-0.2, 0) is 0 Å². The largest absolute Gasteiger partial charge is 0.491 e. The zero-order valence-corrected chi connectivity index (χ0v) is 15.5. The molecular weight excluding hydrogens is 348 g/mol. The second-order valence-corrected chi connectivity index (χ2v) is 6.95. The molecule has 0 saturated carbocycles. The van der Waals surface area contributed by atoms with Crippen LogP contribution >= 0.6 is 11.3 Å². The standard InChI is InChI=1S/C20H20N2O3S/c1-3-11-25-17-14(19(21)23)8-6-9-15(17)22-20(24)18-12(2)13-7-4-5-10-16(13)26-18/h4-10H,3,11H2,1-2H3,(H2,21,23)(H,22,24). The Labute approximate surface area is 155 Å². The molecular formula is C20H20N2O3S. The molecule has 0 fully saturated rings. The van der Waals surface area contributed by atoms with E-state index in [0.717, 1.165) is 22.1 Å². The molecule has 1 aromatic heterocycles. The second kappa shape index (κ2) is 7.58. The number of hydrogen-bond acceptors (Lipinski definition) is 4. The van der Waals surface area contributed by atoms with Gasteiger partial charge in [0.25, 0.3) is 11.8 Å². The first-order valence-electron chi connectivity index (χ1n) is 8.38. The molecule has 2 aromatic carbocycles. The van der Waals surface area contributed by atoms with Crippen molar-refractivity contribution in [1.82, 2.24) is 0 Å². The summed E-state index contributed by atoms with van der Waals surface area (Å²) in [5.74, 6) is -0.508. The van der Waals surface area contributed by atoms with Gasteiger partial charge in [0.2, 0.25) is 0 Å². The molecule has 3 rings (SSSR count). The van der Waals surface area contributed by atoms with Crippen LogP contribution in [-0.4, -0.2) is 18.4 Å². The predicted octanol–water partition coefficient (Wildman–Crippen LogP) is 4.35. The Morgan fingerprint density at radius 2 is 1.92 bits per heavy atom. The molecule has 0 unspecified atom stereocenters. The maximum atomic E-state index is 12.8. The molecule has 134 valence electrons. The number of rotatable bonds is 6. The molecule has 26 heavy (non-hydrogen) atoms. The molecule has 6 heteroatoms. The molecule has 0 aliphatic rings. The molecule has 0 radical (unpaired) electrons. The van der Waals surface area contributed by atoms with Crippen molar-refractivity contribution in [3.63, 3.8) is 0 Å². The normalized spacial score (nSPS) is 10.7. The number of nitrogens with one attached hydrogen (secondary N) is 1. The number of anilines is 1. The van der Waals surface area contributed by atoms with E-state index in [9.17, 15) is 9.59 Å². The quantitative estimate of drug-likeness (QED) is 0.679. The van der Waals surface area contributed by atoms with Gasteiger partial charge < -0.3 is 15.8 Å². The Kier molecular flexibility index (Phi) is 5.23. The smallest absolute Gasteiger partial charge is 0.266 e. The van der Waals surface area contributed by atoms with Crippen LogP contribution in [0.1, 0.15) is 38.9 Å². The fraction of sp³-hybridized carbons (Fsp3) is 0.200. The first kappa shape index (κ1) is 17.9. The summed E-state index contributed by atoms with van der Waals surface area (Å²) in [7, 11) is 0. The van der Waals surface area contributed by atoms with Gasteiger partial charge in [-0.3, -0.25) is 9.59 Å². The number of amides is 2. The zero-order valence-electron chi connectivity index (χ0n) is 14.7. The summed E-state index contributed by atoms with van der Waals surface area (Å²) in [6.45, 7) is 4.32. The van der Waals surface area contributed by atoms with Crippen LogP contribution in [0.4, 0.5) is 5.69 Å². The summed E-state index contributed by atoms with van der Waals surface area (Å²) in [6.07, 6.45) is 0.774. The van der Waals surface area contributed by atoms with Crippen molar-refractivity contribution in [1.29, 1.82) is 0 Å². The van der Waals surface area contributed by atoms with Gasteiger partial charge in [-0.15, -0.1) is 11.3 Å². The summed E-state index contributed by atoms with van der Waals surface area (Å²) in [4.78, 5) is 25.2. The molecule has 5 nitrogen and oxygen atoms in total. The summed E-state index contributed by atoms with van der Waals surface area (Å²) >= 11 is 1.44. The van der Waals surface area contributed by atoms with Gasteiger partial charge in [-0.2, -0.15) is 0 Å². The summed E-state index contributed by atoms with van der Waals surface area (Å²) in [6, 6.07) is 12.9. The molecule has 0 bridgehead atoms. The van der Waals surface area contributed by atoms with E-state index < -0.39 is 5.91 Å². The maximum Gasteiger partial charge on any atom is 0.266 e. The number of aryl methyl sites for hydroxylation is 1. The van der Waals surface area contributed by atoms with Gasteiger partial charge in [0, 0.05) is 4.70 Å². The second-order valence-electron chi connectivity index (χ2n) is 5.90. The van der Waals surface area contributed by atoms with E-state index in [-0.39, 0.29) is 11.5 Å². The third-order valence-electron chi connectivity index (χ3n) is 4.03. The number of carbonyl (C=O) groups is 2. The summed E-state index contributed by atoms with van der Waals surface area (Å²) in [5, 5.41) is 3.94. The lowest BCUT2D eigenvalue weighted by Gasteiger charge is -2.14. The van der Waals surface area contributed by atoms with Gasteiger partial charge in [0.05, 0.1) is 22.7 Å². The van der Waals surface area contributed by atoms with E-state index in [2.05, 4.69) is 5.32 Å². The minimum Gasteiger partial charge on any atom is -0.491 e. The Hall–Kier alpha value is -2.86. The molecule has 0 spiro atoms. The van der Waals surface area contributed by atoms with Crippen molar-refractivity contribution in [2.45, 2.75) is 20.3 Å². The number of fused-ring (bicyclic) bond motifs is 1. The fourth-order valence-electron chi connectivity index (χ4n) is 2.76. The highest BCUT2D eigenvalue weighted by molar-refractivity contribution is 7.21. The van der Waals surface area contributed by atoms with Crippen molar-refractivity contribution in [2.24, 2.45) is 5.73 Å². The van der Waals surface area contributed by atoms with Crippen LogP contribution in [0.3, 0.4) is 0 Å². The topological polar surface area (TPSA) is 81.4 Å².